The molecule has 0 aliphatic rings. The Kier molecular flexibility index (Phi) is 6.28. The molecule has 4 nitrogen and oxygen atoms in total. The summed E-state index contributed by atoms with van der Waals surface area (Å²) in [5, 5.41) is 9.39. The Morgan fingerprint density at radius 2 is 1.59 bits per heavy atom. The van der Waals surface area contributed by atoms with Crippen LogP contribution in [-0.4, -0.2) is 9.55 Å². The van der Waals surface area contributed by atoms with E-state index in [2.05, 4.69) is 13.0 Å². The highest BCUT2D eigenvalue weighted by Gasteiger charge is 2.16. The molecular weight excluding hydrogens is 394 g/mol. The molecule has 4 aromatic rings. The van der Waals surface area contributed by atoms with Crippen molar-refractivity contribution >= 4 is 0 Å². The third-order valence-corrected chi connectivity index (χ3v) is 5.62. The molecule has 1 heterocycles. The molecule has 32 heavy (non-hydrogen) atoms. The van der Waals surface area contributed by atoms with Crippen molar-refractivity contribution in [1.29, 1.82) is 5.26 Å². The molecule has 0 saturated carbocycles. The second kappa shape index (κ2) is 9.45. The number of rotatable bonds is 6. The zero-order valence-electron chi connectivity index (χ0n) is 18.4. The predicted octanol–water partition coefficient (Wildman–Crippen LogP) is 5.76. The van der Waals surface area contributed by atoms with Crippen molar-refractivity contribution in [2.75, 3.05) is 0 Å². The first-order valence-electron chi connectivity index (χ1n) is 10.9. The lowest BCUT2D eigenvalue weighted by molar-refractivity contribution is 0.651. The van der Waals surface area contributed by atoms with Crippen molar-refractivity contribution in [2.45, 2.75) is 33.2 Å². The van der Waals surface area contributed by atoms with Gasteiger partial charge in [-0.3, -0.25) is 9.36 Å². The van der Waals surface area contributed by atoms with Gasteiger partial charge in [0.05, 0.1) is 29.4 Å². The Bertz CT molecular complexity index is 1330. The normalized spacial score (nSPS) is 10.7. The minimum absolute atomic E-state index is 0.00828. The molecule has 3 aromatic carbocycles. The average Bonchev–Trinajstić information content (AvgIpc) is 2.83. The molecule has 4 rings (SSSR count). The van der Waals surface area contributed by atoms with Crippen LogP contribution < -0.4 is 5.56 Å². The van der Waals surface area contributed by atoms with Gasteiger partial charge in [0, 0.05) is 6.42 Å². The maximum atomic E-state index is 13.5. The van der Waals surface area contributed by atoms with E-state index in [1.165, 1.54) is 0 Å². The first-order chi connectivity index (χ1) is 15.6. The minimum atomic E-state index is -0.00828. The zero-order chi connectivity index (χ0) is 22.5. The molecular formula is C28H25N3O. The van der Waals surface area contributed by atoms with Gasteiger partial charge in [-0.05, 0) is 41.7 Å². The van der Waals surface area contributed by atoms with Gasteiger partial charge in [0.1, 0.15) is 5.82 Å². The summed E-state index contributed by atoms with van der Waals surface area (Å²) >= 11 is 0. The van der Waals surface area contributed by atoms with Crippen molar-refractivity contribution in [3.63, 3.8) is 0 Å². The predicted molar refractivity (Wildman–Crippen MR) is 128 cm³/mol. The summed E-state index contributed by atoms with van der Waals surface area (Å²) in [4.78, 5) is 18.4. The van der Waals surface area contributed by atoms with Crippen LogP contribution in [0.1, 0.15) is 36.0 Å². The third-order valence-electron chi connectivity index (χ3n) is 5.62. The number of hydrogen-bond acceptors (Lipinski definition) is 3. The maximum absolute atomic E-state index is 13.5. The second-order valence-electron chi connectivity index (χ2n) is 7.85. The van der Waals surface area contributed by atoms with E-state index in [4.69, 9.17) is 4.98 Å². The van der Waals surface area contributed by atoms with E-state index in [-0.39, 0.29) is 5.56 Å². The van der Waals surface area contributed by atoms with Gasteiger partial charge in [-0.15, -0.1) is 0 Å². The number of aromatic nitrogens is 2. The Labute approximate surface area is 188 Å². The van der Waals surface area contributed by atoms with Gasteiger partial charge in [0.25, 0.3) is 5.56 Å². The van der Waals surface area contributed by atoms with Crippen molar-refractivity contribution in [2.24, 2.45) is 0 Å². The fourth-order valence-electron chi connectivity index (χ4n) is 4.04. The zero-order valence-corrected chi connectivity index (χ0v) is 18.4. The van der Waals surface area contributed by atoms with Crippen molar-refractivity contribution < 1.29 is 0 Å². The van der Waals surface area contributed by atoms with Crippen LogP contribution in [0.25, 0.3) is 22.3 Å². The summed E-state index contributed by atoms with van der Waals surface area (Å²) in [7, 11) is 0. The summed E-state index contributed by atoms with van der Waals surface area (Å²) < 4.78 is 1.80. The van der Waals surface area contributed by atoms with Gasteiger partial charge in [-0.2, -0.15) is 5.26 Å². The van der Waals surface area contributed by atoms with Gasteiger partial charge in [0.15, 0.2) is 0 Å². The Morgan fingerprint density at radius 1 is 0.906 bits per heavy atom. The van der Waals surface area contributed by atoms with E-state index < -0.39 is 0 Å². The van der Waals surface area contributed by atoms with Gasteiger partial charge < -0.3 is 0 Å². The van der Waals surface area contributed by atoms with Crippen LogP contribution in [0.4, 0.5) is 0 Å². The first-order valence-corrected chi connectivity index (χ1v) is 10.9. The SMILES string of the molecule is CCCc1nc(C)c(-c2ccccc2)c(=O)n1Cc1ccc(-c2ccccc2C#N)cc1. The van der Waals surface area contributed by atoms with E-state index in [0.29, 0.717) is 17.7 Å². The fraction of sp³-hybridized carbons (Fsp3) is 0.179. The number of benzene rings is 3. The molecule has 4 heteroatoms. The third kappa shape index (κ3) is 4.24. The summed E-state index contributed by atoms with van der Waals surface area (Å²) in [6.45, 7) is 4.47. The first kappa shape index (κ1) is 21.3. The van der Waals surface area contributed by atoms with E-state index in [1.54, 1.807) is 4.57 Å². The smallest absolute Gasteiger partial charge is 0.261 e. The monoisotopic (exact) mass is 419 g/mol. The highest BCUT2D eigenvalue weighted by atomic mass is 16.1. The Hall–Kier alpha value is -3.97. The summed E-state index contributed by atoms with van der Waals surface area (Å²) in [6.07, 6.45) is 1.67. The van der Waals surface area contributed by atoms with Crippen LogP contribution >= 0.6 is 0 Å². The number of aryl methyl sites for hydroxylation is 2. The van der Waals surface area contributed by atoms with Crippen LogP contribution in [0.3, 0.4) is 0 Å². The highest BCUT2D eigenvalue weighted by molar-refractivity contribution is 5.70. The lowest BCUT2D eigenvalue weighted by Crippen LogP contribution is -2.28. The van der Waals surface area contributed by atoms with Crippen LogP contribution in [0.15, 0.2) is 83.7 Å². The molecule has 0 saturated heterocycles. The average molecular weight is 420 g/mol. The summed E-state index contributed by atoms with van der Waals surface area (Å²) in [5.41, 5.74) is 5.88. The Morgan fingerprint density at radius 3 is 2.28 bits per heavy atom. The number of nitrogens with zero attached hydrogens (tertiary/aromatic N) is 3. The molecule has 0 unspecified atom stereocenters. The lowest BCUT2D eigenvalue weighted by atomic mass is 9.99. The summed E-state index contributed by atoms with van der Waals surface area (Å²) in [6, 6.07) is 27.6. The van der Waals surface area contributed by atoms with Gasteiger partial charge >= 0.3 is 0 Å². The van der Waals surface area contributed by atoms with E-state index >= 15 is 0 Å². The van der Waals surface area contributed by atoms with Crippen LogP contribution in [0.5, 0.6) is 0 Å². The van der Waals surface area contributed by atoms with Gasteiger partial charge in [-0.25, -0.2) is 4.98 Å². The molecule has 0 amide bonds. The molecule has 0 N–H and O–H groups in total. The van der Waals surface area contributed by atoms with E-state index in [9.17, 15) is 10.1 Å². The topological polar surface area (TPSA) is 58.7 Å². The number of nitriles is 1. The maximum Gasteiger partial charge on any atom is 0.261 e. The molecule has 0 aliphatic heterocycles. The standard InChI is InChI=1S/C28H25N3O/c1-3-9-26-30-20(2)27(23-10-5-4-6-11-23)28(32)31(26)19-21-14-16-22(17-15-21)25-13-8-7-12-24(25)18-29/h4-8,10-17H,3,9,19H2,1-2H3. The van der Waals surface area contributed by atoms with Crippen LogP contribution in [0, 0.1) is 18.3 Å². The van der Waals surface area contributed by atoms with E-state index in [1.807, 2.05) is 85.8 Å². The van der Waals surface area contributed by atoms with Gasteiger partial charge in [-0.1, -0.05) is 79.7 Å². The molecule has 0 radical (unpaired) electrons. The van der Waals surface area contributed by atoms with E-state index in [0.717, 1.165) is 46.6 Å². The van der Waals surface area contributed by atoms with Crippen LogP contribution in [0.2, 0.25) is 0 Å². The van der Waals surface area contributed by atoms with Crippen molar-refractivity contribution in [1.82, 2.24) is 9.55 Å². The fourth-order valence-corrected chi connectivity index (χ4v) is 4.04. The largest absolute Gasteiger partial charge is 0.292 e. The molecule has 0 bridgehead atoms. The lowest BCUT2D eigenvalue weighted by Gasteiger charge is -2.16. The highest BCUT2D eigenvalue weighted by Crippen LogP contribution is 2.24. The molecule has 0 aliphatic carbocycles. The molecule has 0 atom stereocenters. The molecule has 0 fully saturated rings. The molecule has 0 spiro atoms. The minimum Gasteiger partial charge on any atom is -0.292 e. The Balaban J connectivity index is 1.74. The second-order valence-corrected chi connectivity index (χ2v) is 7.85. The summed E-state index contributed by atoms with van der Waals surface area (Å²) in [5.74, 6) is 0.814. The van der Waals surface area contributed by atoms with Crippen LogP contribution in [-0.2, 0) is 13.0 Å². The molecule has 158 valence electrons. The number of hydrogen-bond donors (Lipinski definition) is 0. The molecule has 1 aromatic heterocycles. The van der Waals surface area contributed by atoms with Gasteiger partial charge in [0.2, 0.25) is 0 Å². The van der Waals surface area contributed by atoms with Crippen molar-refractivity contribution in [3.05, 3.63) is 112 Å². The van der Waals surface area contributed by atoms with Crippen molar-refractivity contribution in [3.8, 4) is 28.3 Å². The quantitative estimate of drug-likeness (QED) is 0.399.